The minimum atomic E-state index is -0.272. The van der Waals surface area contributed by atoms with Crippen LogP contribution in [0, 0.1) is 11.3 Å². The molecule has 5 heteroatoms. The average Bonchev–Trinajstić information content (AvgIpc) is 2.04. The Labute approximate surface area is 75.3 Å². The molecular formula is C8H9N3O2. The quantitative estimate of drug-likeness (QED) is 0.704. The molecule has 0 unspecified atom stereocenters. The van der Waals surface area contributed by atoms with Crippen molar-refractivity contribution >= 4 is 0 Å². The van der Waals surface area contributed by atoms with Crippen LogP contribution in [-0.2, 0) is 0 Å². The highest BCUT2D eigenvalue weighted by Crippen LogP contribution is 2.31. The van der Waals surface area contributed by atoms with Crippen LogP contribution in [0.5, 0.6) is 11.8 Å². The van der Waals surface area contributed by atoms with Gasteiger partial charge < -0.3 is 10.2 Å². The Kier molecular flexibility index (Phi) is 2.65. The van der Waals surface area contributed by atoms with Crippen molar-refractivity contribution in [2.24, 2.45) is 0 Å². The van der Waals surface area contributed by atoms with Crippen molar-refractivity contribution in [2.45, 2.75) is 19.3 Å². The smallest absolute Gasteiger partial charge is 0.221 e. The summed E-state index contributed by atoms with van der Waals surface area (Å²) >= 11 is 0. The summed E-state index contributed by atoms with van der Waals surface area (Å²) in [6.45, 7) is 1.71. The number of aromatic nitrogens is 2. The van der Waals surface area contributed by atoms with Crippen LogP contribution >= 0.6 is 0 Å². The molecule has 0 aliphatic heterocycles. The molecule has 1 aromatic heterocycles. The fourth-order valence-corrected chi connectivity index (χ4v) is 1.06. The predicted octanol–water partition coefficient (Wildman–Crippen LogP) is 0.905. The van der Waals surface area contributed by atoms with Crippen LogP contribution in [0.3, 0.4) is 0 Å². The molecule has 0 amide bonds. The second kappa shape index (κ2) is 3.72. The fraction of sp³-hybridized carbons (Fsp3) is 0.375. The summed E-state index contributed by atoms with van der Waals surface area (Å²) in [5.74, 6) is -0.809. The van der Waals surface area contributed by atoms with Gasteiger partial charge in [0.15, 0.2) is 0 Å². The van der Waals surface area contributed by atoms with Gasteiger partial charge in [-0.05, 0) is 0 Å². The maximum Gasteiger partial charge on any atom is 0.221 e. The first-order valence-electron chi connectivity index (χ1n) is 3.76. The third kappa shape index (κ3) is 1.85. The van der Waals surface area contributed by atoms with E-state index in [1.807, 2.05) is 6.07 Å². The zero-order valence-corrected chi connectivity index (χ0v) is 7.10. The van der Waals surface area contributed by atoms with Crippen LogP contribution in [0.15, 0.2) is 6.33 Å². The van der Waals surface area contributed by atoms with Gasteiger partial charge in [-0.2, -0.15) is 5.26 Å². The fourth-order valence-electron chi connectivity index (χ4n) is 1.06. The van der Waals surface area contributed by atoms with Crippen molar-refractivity contribution in [2.75, 3.05) is 0 Å². The molecule has 0 fully saturated rings. The highest BCUT2D eigenvalue weighted by Gasteiger charge is 2.16. The number of aromatic hydroxyl groups is 2. The Morgan fingerprint density at radius 2 is 2.00 bits per heavy atom. The molecule has 68 valence electrons. The number of rotatable bonds is 2. The van der Waals surface area contributed by atoms with Crippen molar-refractivity contribution in [3.63, 3.8) is 0 Å². The molecule has 0 aliphatic carbocycles. The van der Waals surface area contributed by atoms with Crippen molar-refractivity contribution in [1.29, 1.82) is 5.26 Å². The first-order chi connectivity index (χ1) is 6.16. The molecule has 5 nitrogen and oxygen atoms in total. The van der Waals surface area contributed by atoms with E-state index in [4.69, 9.17) is 5.26 Å². The Morgan fingerprint density at radius 3 is 2.46 bits per heavy atom. The maximum atomic E-state index is 9.27. The molecular weight excluding hydrogens is 170 g/mol. The predicted molar refractivity (Wildman–Crippen MR) is 44.0 cm³/mol. The van der Waals surface area contributed by atoms with Crippen molar-refractivity contribution in [3.05, 3.63) is 11.9 Å². The second-order valence-corrected chi connectivity index (χ2v) is 2.70. The maximum absolute atomic E-state index is 9.27. The third-order valence-electron chi connectivity index (χ3n) is 1.73. The number of hydrogen-bond donors (Lipinski definition) is 2. The van der Waals surface area contributed by atoms with E-state index in [0.717, 1.165) is 6.33 Å². The van der Waals surface area contributed by atoms with Gasteiger partial charge in [0.2, 0.25) is 11.8 Å². The summed E-state index contributed by atoms with van der Waals surface area (Å²) in [6, 6.07) is 1.94. The largest absolute Gasteiger partial charge is 0.493 e. The summed E-state index contributed by atoms with van der Waals surface area (Å²) in [5.41, 5.74) is 0.226. The number of nitrogens with zero attached hydrogens (tertiary/aromatic N) is 3. The van der Waals surface area contributed by atoms with Gasteiger partial charge in [0.25, 0.3) is 0 Å². The van der Waals surface area contributed by atoms with E-state index in [9.17, 15) is 10.2 Å². The van der Waals surface area contributed by atoms with Gasteiger partial charge in [-0.25, -0.2) is 9.97 Å². The molecule has 13 heavy (non-hydrogen) atoms. The Bertz CT molecular complexity index is 325. The molecule has 0 saturated carbocycles. The Balaban J connectivity index is 3.06. The second-order valence-electron chi connectivity index (χ2n) is 2.70. The first-order valence-corrected chi connectivity index (χ1v) is 3.76. The minimum absolute atomic E-state index is 0.203. The molecule has 1 rings (SSSR count). The average molecular weight is 179 g/mol. The molecule has 0 bridgehead atoms. The van der Waals surface area contributed by atoms with E-state index >= 15 is 0 Å². The van der Waals surface area contributed by atoms with E-state index < -0.39 is 0 Å². The molecule has 1 atom stereocenters. The summed E-state index contributed by atoms with van der Waals surface area (Å²) in [7, 11) is 0. The van der Waals surface area contributed by atoms with Gasteiger partial charge in [-0.3, -0.25) is 0 Å². The van der Waals surface area contributed by atoms with Gasteiger partial charge in [-0.1, -0.05) is 6.92 Å². The van der Waals surface area contributed by atoms with Crippen LogP contribution in [0.25, 0.3) is 0 Å². The molecule has 0 aliphatic rings. The van der Waals surface area contributed by atoms with Crippen LogP contribution in [0.2, 0.25) is 0 Å². The standard InChI is InChI=1S/C8H9N3O2/c1-5(2-3-9)6-7(12)10-4-11-8(6)13/h4-5H,2H2,1H3,(H2,10,11,12,13)/t5-/m1/s1. The molecule has 0 spiro atoms. The Hall–Kier alpha value is -1.83. The third-order valence-corrected chi connectivity index (χ3v) is 1.73. The zero-order valence-electron chi connectivity index (χ0n) is 7.10. The summed E-state index contributed by atoms with van der Waals surface area (Å²) in [6.07, 6.45) is 1.27. The lowest BCUT2D eigenvalue weighted by Crippen LogP contribution is -1.96. The Morgan fingerprint density at radius 1 is 1.46 bits per heavy atom. The highest BCUT2D eigenvalue weighted by atomic mass is 16.3. The van der Waals surface area contributed by atoms with E-state index in [1.165, 1.54) is 0 Å². The van der Waals surface area contributed by atoms with Crippen LogP contribution in [0.4, 0.5) is 0 Å². The van der Waals surface area contributed by atoms with Crippen LogP contribution in [0.1, 0.15) is 24.8 Å². The SMILES string of the molecule is C[C@H](CC#N)c1c(O)ncnc1O. The summed E-state index contributed by atoms with van der Waals surface area (Å²) in [5, 5.41) is 27.0. The molecule has 2 N–H and O–H groups in total. The van der Waals surface area contributed by atoms with Gasteiger partial charge in [0.05, 0.1) is 11.6 Å². The zero-order chi connectivity index (χ0) is 9.84. The highest BCUT2D eigenvalue weighted by molar-refractivity contribution is 5.35. The molecule has 0 radical (unpaired) electrons. The van der Waals surface area contributed by atoms with Gasteiger partial charge in [0, 0.05) is 12.3 Å². The normalized spacial score (nSPS) is 12.0. The topological polar surface area (TPSA) is 90.0 Å². The van der Waals surface area contributed by atoms with E-state index in [2.05, 4.69) is 9.97 Å². The van der Waals surface area contributed by atoms with E-state index in [-0.39, 0.29) is 29.7 Å². The first kappa shape index (κ1) is 9.26. The lowest BCUT2D eigenvalue weighted by atomic mass is 10.0. The van der Waals surface area contributed by atoms with Crippen LogP contribution in [-0.4, -0.2) is 20.2 Å². The minimum Gasteiger partial charge on any atom is -0.493 e. The van der Waals surface area contributed by atoms with E-state index in [1.54, 1.807) is 6.92 Å². The van der Waals surface area contributed by atoms with E-state index in [0.29, 0.717) is 0 Å². The van der Waals surface area contributed by atoms with Crippen molar-refractivity contribution < 1.29 is 10.2 Å². The van der Waals surface area contributed by atoms with Gasteiger partial charge in [0.1, 0.15) is 6.33 Å². The summed E-state index contributed by atoms with van der Waals surface area (Å²) < 4.78 is 0. The number of hydrogen-bond acceptors (Lipinski definition) is 5. The lowest BCUT2D eigenvalue weighted by molar-refractivity contribution is 0.402. The summed E-state index contributed by atoms with van der Waals surface area (Å²) in [4.78, 5) is 7.04. The number of nitriles is 1. The molecule has 1 heterocycles. The lowest BCUT2D eigenvalue weighted by Gasteiger charge is -2.09. The monoisotopic (exact) mass is 179 g/mol. The van der Waals surface area contributed by atoms with Crippen LogP contribution < -0.4 is 0 Å². The van der Waals surface area contributed by atoms with Gasteiger partial charge >= 0.3 is 0 Å². The van der Waals surface area contributed by atoms with Crippen molar-refractivity contribution in [3.8, 4) is 17.8 Å². The molecule has 1 aromatic rings. The van der Waals surface area contributed by atoms with Gasteiger partial charge in [-0.15, -0.1) is 0 Å². The molecule has 0 aromatic carbocycles. The van der Waals surface area contributed by atoms with Crippen molar-refractivity contribution in [1.82, 2.24) is 9.97 Å². The molecule has 0 saturated heterocycles.